The number of rotatable bonds is 1. The van der Waals surface area contributed by atoms with E-state index in [0.717, 1.165) is 27.1 Å². The average Bonchev–Trinajstić information content (AvgIpc) is 2.87. The van der Waals surface area contributed by atoms with E-state index in [1.165, 1.54) is 5.56 Å². The number of benzene rings is 1. The van der Waals surface area contributed by atoms with Gasteiger partial charge in [0.1, 0.15) is 12.4 Å². The first-order valence-electron chi connectivity index (χ1n) is 5.39. The molecule has 0 fully saturated rings. The summed E-state index contributed by atoms with van der Waals surface area (Å²) >= 11 is 3.58. The number of nitrogens with zero attached hydrogens (tertiary/aromatic N) is 1. The van der Waals surface area contributed by atoms with Gasteiger partial charge in [0.15, 0.2) is 0 Å². The first kappa shape index (κ1) is 10.6. The number of hydrogen-bond acceptors (Lipinski definition) is 2. The van der Waals surface area contributed by atoms with E-state index < -0.39 is 0 Å². The van der Waals surface area contributed by atoms with Crippen LogP contribution in [0.15, 0.2) is 35.2 Å². The van der Waals surface area contributed by atoms with E-state index in [-0.39, 0.29) is 0 Å². The van der Waals surface area contributed by atoms with Crippen molar-refractivity contribution in [2.45, 2.75) is 6.92 Å². The molecular formula is C13H11BrN2O. The molecule has 1 N–H and O–H groups in total. The lowest BCUT2D eigenvalue weighted by Crippen LogP contribution is -2.06. The van der Waals surface area contributed by atoms with Crippen LogP contribution < -0.4 is 4.74 Å². The Bertz CT molecular complexity index is 588. The van der Waals surface area contributed by atoms with Crippen LogP contribution in [0.5, 0.6) is 5.75 Å². The topological polar surface area (TPSA) is 37.9 Å². The van der Waals surface area contributed by atoms with Gasteiger partial charge >= 0.3 is 0 Å². The van der Waals surface area contributed by atoms with Crippen molar-refractivity contribution >= 4 is 21.5 Å². The van der Waals surface area contributed by atoms with Gasteiger partial charge < -0.3 is 9.72 Å². The van der Waals surface area contributed by atoms with Crippen molar-refractivity contribution in [2.24, 2.45) is 0 Å². The number of imidazole rings is 1. The Morgan fingerprint density at radius 2 is 2.29 bits per heavy atom. The van der Waals surface area contributed by atoms with Crippen molar-refractivity contribution in [1.29, 1.82) is 0 Å². The predicted octanol–water partition coefficient (Wildman–Crippen LogP) is 3.30. The van der Waals surface area contributed by atoms with E-state index in [1.807, 2.05) is 6.20 Å². The fraction of sp³-hybridized carbons (Fsp3) is 0.154. The third-order valence-electron chi connectivity index (χ3n) is 2.87. The zero-order valence-electron chi connectivity index (χ0n) is 9.33. The number of nitrogens with one attached hydrogen (secondary N) is 1. The molecular weight excluding hydrogens is 280 g/mol. The third kappa shape index (κ3) is 1.69. The summed E-state index contributed by atoms with van der Waals surface area (Å²) in [5.74, 6) is 0.908. The number of ether oxygens (including phenoxy) is 1. The lowest BCUT2D eigenvalue weighted by atomic mass is 9.99. The van der Waals surface area contributed by atoms with Gasteiger partial charge in [-0.3, -0.25) is 0 Å². The van der Waals surface area contributed by atoms with Gasteiger partial charge in [-0.05, 0) is 34.5 Å². The number of aromatic amines is 1. The first-order valence-corrected chi connectivity index (χ1v) is 6.18. The second-order valence-electron chi connectivity index (χ2n) is 3.96. The van der Waals surface area contributed by atoms with E-state index in [2.05, 4.69) is 51.0 Å². The van der Waals surface area contributed by atoms with E-state index in [4.69, 9.17) is 4.74 Å². The highest BCUT2D eigenvalue weighted by atomic mass is 79.9. The maximum absolute atomic E-state index is 5.70. The van der Waals surface area contributed by atoms with Gasteiger partial charge in [0.05, 0.1) is 16.5 Å². The second kappa shape index (κ2) is 4.04. The number of H-pyrrole nitrogens is 1. The fourth-order valence-electron chi connectivity index (χ4n) is 1.98. The molecule has 0 bridgehead atoms. The molecule has 3 rings (SSSR count). The van der Waals surface area contributed by atoms with Crippen molar-refractivity contribution in [3.63, 3.8) is 0 Å². The Morgan fingerprint density at radius 3 is 3.06 bits per heavy atom. The minimum Gasteiger partial charge on any atom is -0.488 e. The van der Waals surface area contributed by atoms with Gasteiger partial charge in [-0.1, -0.05) is 12.1 Å². The van der Waals surface area contributed by atoms with Crippen LogP contribution >= 0.6 is 15.9 Å². The Labute approximate surface area is 108 Å². The van der Waals surface area contributed by atoms with E-state index in [0.29, 0.717) is 6.61 Å². The predicted molar refractivity (Wildman–Crippen MR) is 70.0 cm³/mol. The van der Waals surface area contributed by atoms with E-state index >= 15 is 0 Å². The minimum atomic E-state index is 0.581. The molecule has 0 saturated heterocycles. The van der Waals surface area contributed by atoms with Crippen LogP contribution in [0.25, 0.3) is 5.57 Å². The Hall–Kier alpha value is -1.55. The molecule has 17 heavy (non-hydrogen) atoms. The molecule has 1 aliphatic rings. The van der Waals surface area contributed by atoms with Gasteiger partial charge in [-0.25, -0.2) is 4.98 Å². The summed E-state index contributed by atoms with van der Waals surface area (Å²) in [6.45, 7) is 2.64. The molecule has 86 valence electrons. The largest absolute Gasteiger partial charge is 0.488 e. The van der Waals surface area contributed by atoms with Gasteiger partial charge in [-0.2, -0.15) is 0 Å². The van der Waals surface area contributed by atoms with E-state index in [9.17, 15) is 0 Å². The van der Waals surface area contributed by atoms with Crippen molar-refractivity contribution in [3.8, 4) is 5.75 Å². The molecule has 0 atom stereocenters. The highest BCUT2D eigenvalue weighted by molar-refractivity contribution is 9.10. The highest BCUT2D eigenvalue weighted by Crippen LogP contribution is 2.40. The van der Waals surface area contributed by atoms with Crippen LogP contribution in [0.1, 0.15) is 16.8 Å². The molecule has 1 aromatic carbocycles. The Balaban J connectivity index is 2.18. The molecule has 0 amide bonds. The van der Waals surface area contributed by atoms with Crippen LogP contribution in [0, 0.1) is 6.92 Å². The second-order valence-corrected chi connectivity index (χ2v) is 4.75. The van der Waals surface area contributed by atoms with Crippen molar-refractivity contribution < 1.29 is 4.74 Å². The monoisotopic (exact) mass is 290 g/mol. The molecule has 0 spiro atoms. The van der Waals surface area contributed by atoms with Crippen LogP contribution in [-0.2, 0) is 0 Å². The van der Waals surface area contributed by atoms with E-state index in [1.54, 1.807) is 6.33 Å². The third-order valence-corrected chi connectivity index (χ3v) is 3.86. The summed E-state index contributed by atoms with van der Waals surface area (Å²) < 4.78 is 6.73. The number of fused-ring (bicyclic) bond motifs is 1. The molecule has 1 aromatic heterocycles. The average molecular weight is 291 g/mol. The van der Waals surface area contributed by atoms with Crippen LogP contribution in [0.4, 0.5) is 0 Å². The summed E-state index contributed by atoms with van der Waals surface area (Å²) in [4.78, 5) is 7.28. The van der Waals surface area contributed by atoms with Crippen molar-refractivity contribution in [1.82, 2.24) is 9.97 Å². The highest BCUT2D eigenvalue weighted by Gasteiger charge is 2.19. The molecule has 4 heteroatoms. The maximum Gasteiger partial charge on any atom is 0.142 e. The van der Waals surface area contributed by atoms with Gasteiger partial charge in [-0.15, -0.1) is 0 Å². The number of hydrogen-bond donors (Lipinski definition) is 1. The van der Waals surface area contributed by atoms with Crippen LogP contribution in [-0.4, -0.2) is 16.6 Å². The Morgan fingerprint density at radius 1 is 1.41 bits per heavy atom. The minimum absolute atomic E-state index is 0.581. The maximum atomic E-state index is 5.70. The summed E-state index contributed by atoms with van der Waals surface area (Å²) in [5, 5.41) is 0. The van der Waals surface area contributed by atoms with Gasteiger partial charge in [0, 0.05) is 17.3 Å². The molecule has 2 heterocycles. The number of aryl methyl sites for hydroxylation is 1. The first-order chi connectivity index (χ1) is 8.27. The summed E-state index contributed by atoms with van der Waals surface area (Å²) in [6.07, 6.45) is 5.64. The number of halogens is 1. The zero-order chi connectivity index (χ0) is 11.8. The van der Waals surface area contributed by atoms with Crippen LogP contribution in [0.3, 0.4) is 0 Å². The van der Waals surface area contributed by atoms with Crippen molar-refractivity contribution in [3.05, 3.63) is 52.0 Å². The molecule has 0 unspecified atom stereocenters. The fourth-order valence-corrected chi connectivity index (χ4v) is 2.44. The quantitative estimate of drug-likeness (QED) is 0.875. The standard InChI is InChI=1S/C13H11BrN2O/c1-8-2-3-10-9(11-6-15-7-16-11)4-5-17-13(10)12(8)14/h2-4,6-7H,5H2,1H3,(H,15,16). The summed E-state index contributed by atoms with van der Waals surface area (Å²) in [6, 6.07) is 4.16. The zero-order valence-corrected chi connectivity index (χ0v) is 10.9. The Kier molecular flexibility index (Phi) is 2.52. The lowest BCUT2D eigenvalue weighted by Gasteiger charge is -2.19. The van der Waals surface area contributed by atoms with Gasteiger partial charge in [0.25, 0.3) is 0 Å². The molecule has 3 nitrogen and oxygen atoms in total. The van der Waals surface area contributed by atoms with Crippen LogP contribution in [0.2, 0.25) is 0 Å². The SMILES string of the molecule is Cc1ccc2c(c1Br)OCC=C2c1c[nH]cn1. The van der Waals surface area contributed by atoms with Gasteiger partial charge in [0.2, 0.25) is 0 Å². The smallest absolute Gasteiger partial charge is 0.142 e. The normalized spacial score (nSPS) is 13.9. The number of aromatic nitrogens is 2. The summed E-state index contributed by atoms with van der Waals surface area (Å²) in [7, 11) is 0. The molecule has 0 aliphatic carbocycles. The molecule has 1 aliphatic heterocycles. The molecule has 0 saturated carbocycles. The molecule has 2 aromatic rings. The molecule has 0 radical (unpaired) electrons. The van der Waals surface area contributed by atoms with Crippen molar-refractivity contribution in [2.75, 3.05) is 6.61 Å². The lowest BCUT2D eigenvalue weighted by molar-refractivity contribution is 0.355. The summed E-state index contributed by atoms with van der Waals surface area (Å²) in [5.41, 5.74) is 4.33.